The number of nitrogens with zero attached hydrogens (tertiary/aromatic N) is 1. The van der Waals surface area contributed by atoms with Crippen molar-refractivity contribution in [3.8, 4) is 5.75 Å². The van der Waals surface area contributed by atoms with Gasteiger partial charge in [0.15, 0.2) is 5.75 Å². The average molecular weight is 508 g/mol. The number of halogens is 2. The Morgan fingerprint density at radius 1 is 1.10 bits per heavy atom. The molecular formula is C21H16BrClN2O4S. The zero-order chi connectivity index (χ0) is 21.7. The van der Waals surface area contributed by atoms with Crippen LogP contribution in [0.25, 0.3) is 0 Å². The fraction of sp³-hybridized carbons (Fsp3) is 0.0476. The van der Waals surface area contributed by atoms with Crippen LogP contribution in [0.4, 0.5) is 0 Å². The summed E-state index contributed by atoms with van der Waals surface area (Å²) in [6.45, 7) is 1.86. The molecule has 0 atom stereocenters. The molecule has 0 saturated carbocycles. The Morgan fingerprint density at radius 2 is 1.83 bits per heavy atom. The van der Waals surface area contributed by atoms with Crippen molar-refractivity contribution in [2.24, 2.45) is 5.10 Å². The highest BCUT2D eigenvalue weighted by atomic mass is 79.9. The van der Waals surface area contributed by atoms with E-state index in [1.807, 2.05) is 6.92 Å². The number of rotatable bonds is 6. The number of hydrazone groups is 1. The van der Waals surface area contributed by atoms with Gasteiger partial charge in [0.05, 0.1) is 6.21 Å². The van der Waals surface area contributed by atoms with E-state index in [4.69, 9.17) is 15.8 Å². The van der Waals surface area contributed by atoms with E-state index in [9.17, 15) is 13.2 Å². The molecule has 0 radical (unpaired) electrons. The number of benzene rings is 3. The number of aryl methyl sites for hydroxylation is 1. The summed E-state index contributed by atoms with van der Waals surface area (Å²) in [6.07, 6.45) is 1.30. The van der Waals surface area contributed by atoms with Gasteiger partial charge in [-0.05, 0) is 55.5 Å². The van der Waals surface area contributed by atoms with Crippen molar-refractivity contribution in [3.63, 3.8) is 0 Å². The van der Waals surface area contributed by atoms with Crippen molar-refractivity contribution in [3.05, 3.63) is 92.9 Å². The SMILES string of the molecule is Cc1ccc(S(=O)(=O)Oc2ccc(Br)cc2/C=N/NC(=O)c2cccc(Cl)c2)cc1. The maximum atomic E-state index is 12.6. The third-order valence-electron chi connectivity index (χ3n) is 3.94. The molecule has 3 aromatic rings. The van der Waals surface area contributed by atoms with Gasteiger partial charge < -0.3 is 4.18 Å². The molecule has 30 heavy (non-hydrogen) atoms. The smallest absolute Gasteiger partial charge is 0.339 e. The minimum Gasteiger partial charge on any atom is -0.378 e. The van der Waals surface area contributed by atoms with Crippen molar-refractivity contribution in [1.82, 2.24) is 5.43 Å². The van der Waals surface area contributed by atoms with Crippen LogP contribution < -0.4 is 9.61 Å². The number of nitrogens with one attached hydrogen (secondary N) is 1. The standard InChI is InChI=1S/C21H16BrClN2O4S/c1-14-5-8-19(9-6-14)30(27,28)29-20-10-7-17(22)11-16(20)13-24-25-21(26)15-3-2-4-18(23)12-15/h2-13H,1H3,(H,25,26)/b24-13+. The summed E-state index contributed by atoms with van der Waals surface area (Å²) < 4.78 is 31.2. The number of carbonyl (C=O) groups is 1. The third kappa shape index (κ3) is 5.69. The van der Waals surface area contributed by atoms with Crippen LogP contribution in [-0.2, 0) is 10.1 Å². The van der Waals surface area contributed by atoms with E-state index in [2.05, 4.69) is 26.5 Å². The average Bonchev–Trinajstić information content (AvgIpc) is 2.70. The molecule has 0 spiro atoms. The Balaban J connectivity index is 1.80. The molecule has 3 aromatic carbocycles. The molecule has 0 bridgehead atoms. The molecule has 0 saturated heterocycles. The van der Waals surface area contributed by atoms with Crippen LogP contribution in [0, 0.1) is 6.92 Å². The van der Waals surface area contributed by atoms with Crippen LogP contribution in [0.5, 0.6) is 5.75 Å². The topological polar surface area (TPSA) is 84.8 Å². The zero-order valence-electron chi connectivity index (χ0n) is 15.7. The molecule has 154 valence electrons. The summed E-state index contributed by atoms with van der Waals surface area (Å²) in [5, 5.41) is 4.33. The lowest BCUT2D eigenvalue weighted by molar-refractivity contribution is 0.0955. The third-order valence-corrected chi connectivity index (χ3v) is 5.91. The number of hydrogen-bond acceptors (Lipinski definition) is 5. The maximum absolute atomic E-state index is 12.6. The maximum Gasteiger partial charge on any atom is 0.339 e. The molecule has 0 unspecified atom stereocenters. The summed E-state index contributed by atoms with van der Waals surface area (Å²) in [5.74, 6) is -0.391. The normalized spacial score (nSPS) is 11.4. The molecule has 0 aliphatic carbocycles. The first kappa shape index (κ1) is 22.0. The van der Waals surface area contributed by atoms with E-state index >= 15 is 0 Å². The van der Waals surface area contributed by atoms with Crippen molar-refractivity contribution in [2.75, 3.05) is 0 Å². The van der Waals surface area contributed by atoms with Crippen LogP contribution >= 0.6 is 27.5 Å². The highest BCUT2D eigenvalue weighted by Gasteiger charge is 2.18. The van der Waals surface area contributed by atoms with Crippen molar-refractivity contribution in [2.45, 2.75) is 11.8 Å². The monoisotopic (exact) mass is 506 g/mol. The molecule has 3 rings (SSSR count). The molecule has 0 aromatic heterocycles. The summed E-state index contributed by atoms with van der Waals surface area (Å²) in [7, 11) is -4.03. The van der Waals surface area contributed by atoms with Crippen LogP contribution in [0.2, 0.25) is 5.02 Å². The lowest BCUT2D eigenvalue weighted by atomic mass is 10.2. The van der Waals surface area contributed by atoms with E-state index < -0.39 is 16.0 Å². The Hall–Kier alpha value is -2.68. The number of amides is 1. The van der Waals surface area contributed by atoms with E-state index in [-0.39, 0.29) is 10.6 Å². The second-order valence-corrected chi connectivity index (χ2v) is 9.14. The highest BCUT2D eigenvalue weighted by molar-refractivity contribution is 9.10. The van der Waals surface area contributed by atoms with Gasteiger partial charge in [0.1, 0.15) is 4.90 Å². The summed E-state index contributed by atoms with van der Waals surface area (Å²) in [6, 6.07) is 17.5. The second kappa shape index (κ2) is 9.42. The van der Waals surface area contributed by atoms with E-state index in [0.29, 0.717) is 20.6 Å². The predicted octanol–water partition coefficient (Wildman–Crippen LogP) is 4.94. The fourth-order valence-electron chi connectivity index (χ4n) is 2.42. The predicted molar refractivity (Wildman–Crippen MR) is 120 cm³/mol. The van der Waals surface area contributed by atoms with E-state index in [1.165, 1.54) is 30.5 Å². The summed E-state index contributed by atoms with van der Waals surface area (Å²) in [4.78, 5) is 12.2. The lowest BCUT2D eigenvalue weighted by Gasteiger charge is -2.10. The van der Waals surface area contributed by atoms with E-state index in [1.54, 1.807) is 42.5 Å². The van der Waals surface area contributed by atoms with Crippen molar-refractivity contribution < 1.29 is 17.4 Å². The van der Waals surface area contributed by atoms with Crippen LogP contribution in [0.3, 0.4) is 0 Å². The highest BCUT2D eigenvalue weighted by Crippen LogP contribution is 2.25. The van der Waals surface area contributed by atoms with Gasteiger partial charge in [-0.25, -0.2) is 5.43 Å². The molecule has 1 amide bonds. The first-order valence-electron chi connectivity index (χ1n) is 8.64. The Bertz CT molecular complexity index is 1210. The van der Waals surface area contributed by atoms with Gasteiger partial charge >= 0.3 is 10.1 Å². The largest absolute Gasteiger partial charge is 0.378 e. The summed E-state index contributed by atoms with van der Waals surface area (Å²) >= 11 is 9.21. The van der Waals surface area contributed by atoms with E-state index in [0.717, 1.165) is 5.56 Å². The molecule has 0 aliphatic rings. The van der Waals surface area contributed by atoms with Gasteiger partial charge in [-0.1, -0.05) is 51.3 Å². The minimum absolute atomic E-state index is 0.0353. The first-order chi connectivity index (χ1) is 14.2. The van der Waals surface area contributed by atoms with Crippen molar-refractivity contribution >= 4 is 49.8 Å². The van der Waals surface area contributed by atoms with Gasteiger partial charge in [-0.2, -0.15) is 13.5 Å². The molecule has 0 heterocycles. The molecule has 6 nitrogen and oxygen atoms in total. The molecule has 9 heteroatoms. The van der Waals surface area contributed by atoms with Gasteiger partial charge in [0, 0.05) is 20.6 Å². The molecule has 0 aliphatic heterocycles. The van der Waals surface area contributed by atoms with Gasteiger partial charge in [0.25, 0.3) is 5.91 Å². The zero-order valence-corrected chi connectivity index (χ0v) is 18.8. The molecule has 0 fully saturated rings. The van der Waals surface area contributed by atoms with Crippen LogP contribution in [0.15, 0.2) is 81.2 Å². The molecular weight excluding hydrogens is 492 g/mol. The quantitative estimate of drug-likeness (QED) is 0.291. The summed E-state index contributed by atoms with van der Waals surface area (Å²) in [5.41, 5.74) is 4.00. The Kier molecular flexibility index (Phi) is 6.91. The van der Waals surface area contributed by atoms with Crippen LogP contribution in [-0.4, -0.2) is 20.5 Å². The van der Waals surface area contributed by atoms with Crippen LogP contribution in [0.1, 0.15) is 21.5 Å². The van der Waals surface area contributed by atoms with Crippen molar-refractivity contribution in [1.29, 1.82) is 0 Å². The Labute approximate surface area is 187 Å². The molecule has 1 N–H and O–H groups in total. The fourth-order valence-corrected chi connectivity index (χ4v) is 3.94. The lowest BCUT2D eigenvalue weighted by Crippen LogP contribution is -2.17. The Morgan fingerprint density at radius 3 is 2.53 bits per heavy atom. The second-order valence-electron chi connectivity index (χ2n) is 6.24. The minimum atomic E-state index is -4.03. The van der Waals surface area contributed by atoms with Gasteiger partial charge in [0.2, 0.25) is 0 Å². The first-order valence-corrected chi connectivity index (χ1v) is 11.2. The number of carbonyl (C=O) groups excluding carboxylic acids is 1. The number of hydrogen-bond donors (Lipinski definition) is 1. The van der Waals surface area contributed by atoms with Gasteiger partial charge in [-0.15, -0.1) is 0 Å². The van der Waals surface area contributed by atoms with Gasteiger partial charge in [-0.3, -0.25) is 4.79 Å².